The van der Waals surface area contributed by atoms with E-state index in [2.05, 4.69) is 20.8 Å². The van der Waals surface area contributed by atoms with Crippen molar-refractivity contribution in [2.24, 2.45) is 52.3 Å². The topological polar surface area (TPSA) is 155 Å². The van der Waals surface area contributed by atoms with Crippen molar-refractivity contribution < 1.29 is 52.4 Å². The molecule has 348 valence electrons. The minimum Gasteiger partial charge on any atom is -0.461 e. The number of ether oxygens (including phenoxy) is 3. The molecular formula is C52H69O11P. The highest BCUT2D eigenvalue weighted by Gasteiger charge is 2.63. The first-order valence-electron chi connectivity index (χ1n) is 23.6. The van der Waals surface area contributed by atoms with Crippen molar-refractivity contribution in [3.63, 3.8) is 0 Å². The number of aliphatic hydroxyl groups excluding tert-OH is 2. The fourth-order valence-electron chi connectivity index (χ4n) is 12.3. The van der Waals surface area contributed by atoms with Gasteiger partial charge in [0, 0.05) is 12.8 Å². The molecule has 4 aliphatic carbocycles. The summed E-state index contributed by atoms with van der Waals surface area (Å²) in [5.41, 5.74) is 2.29. The highest BCUT2D eigenvalue weighted by atomic mass is 31.2. The molecule has 0 bridgehead atoms. The van der Waals surface area contributed by atoms with E-state index >= 15 is 0 Å². The molecule has 11 atom stereocenters. The van der Waals surface area contributed by atoms with Gasteiger partial charge in [-0.2, -0.15) is 0 Å². The first kappa shape index (κ1) is 48.1. The van der Waals surface area contributed by atoms with E-state index in [0.29, 0.717) is 30.1 Å². The second-order valence-electron chi connectivity index (χ2n) is 19.7. The third kappa shape index (κ3) is 11.6. The molecule has 11 nitrogen and oxygen atoms in total. The van der Waals surface area contributed by atoms with E-state index in [1.165, 1.54) is 6.42 Å². The zero-order valence-corrected chi connectivity index (χ0v) is 38.8. The van der Waals surface area contributed by atoms with Crippen molar-refractivity contribution in [2.45, 2.75) is 130 Å². The minimum atomic E-state index is -3.95. The average molecular weight is 901 g/mol. The largest absolute Gasteiger partial charge is 0.461 e. The van der Waals surface area contributed by atoms with Crippen molar-refractivity contribution in [1.29, 1.82) is 0 Å². The number of carbonyl (C=O) groups excluding carboxylic acids is 3. The van der Waals surface area contributed by atoms with Crippen LogP contribution in [0.5, 0.6) is 0 Å². The van der Waals surface area contributed by atoms with Crippen molar-refractivity contribution >= 4 is 25.5 Å². The zero-order valence-electron chi connectivity index (χ0n) is 37.9. The summed E-state index contributed by atoms with van der Waals surface area (Å²) in [5, 5.41) is 22.4. The maximum absolute atomic E-state index is 14.4. The van der Waals surface area contributed by atoms with Crippen LogP contribution in [0.25, 0.3) is 0 Å². The van der Waals surface area contributed by atoms with Crippen LogP contribution in [0.3, 0.4) is 0 Å². The summed E-state index contributed by atoms with van der Waals surface area (Å²) in [7, 11) is -3.95. The summed E-state index contributed by atoms with van der Waals surface area (Å²) < 4.78 is 42.7. The van der Waals surface area contributed by atoms with Gasteiger partial charge in [-0.25, -0.2) is 0 Å². The third-order valence-electron chi connectivity index (χ3n) is 16.0. The molecular weight excluding hydrogens is 832 g/mol. The molecule has 4 aliphatic rings. The molecule has 4 saturated carbocycles. The molecule has 12 heteroatoms. The second-order valence-corrected chi connectivity index (χ2v) is 21.8. The summed E-state index contributed by atoms with van der Waals surface area (Å²) in [5.74, 6) is -0.323. The van der Waals surface area contributed by atoms with E-state index in [9.17, 15) is 29.2 Å². The summed E-state index contributed by atoms with van der Waals surface area (Å²) in [6, 6.07) is 27.7. The summed E-state index contributed by atoms with van der Waals surface area (Å²) in [4.78, 5) is 39.7. The highest BCUT2D eigenvalue weighted by Crippen LogP contribution is 2.68. The molecule has 3 aromatic carbocycles. The van der Waals surface area contributed by atoms with Crippen LogP contribution in [0.4, 0.5) is 0 Å². The van der Waals surface area contributed by atoms with Gasteiger partial charge in [-0.05, 0) is 127 Å². The summed E-state index contributed by atoms with van der Waals surface area (Å²) in [6.45, 7) is 6.32. The van der Waals surface area contributed by atoms with Crippen LogP contribution in [0.15, 0.2) is 91.0 Å². The quantitative estimate of drug-likeness (QED) is 0.0632. The Hall–Kier alpha value is -3.86. The molecule has 4 fully saturated rings. The SMILES string of the molecule is C[C@H](CCC(=O)OCOC(=O)CC[C@H](CP(=O)(OCc1ccccc1)OCc1ccccc1)C(=O)OCc1ccccc1)C1CCC2C3CC[C@@H]4C[C@H](O)CC[C@]4(C)C3C[C@H](O)[C@@]21C. The van der Waals surface area contributed by atoms with Crippen LogP contribution in [0, 0.1) is 52.3 Å². The highest BCUT2D eigenvalue weighted by molar-refractivity contribution is 7.53. The predicted octanol–water partition coefficient (Wildman–Crippen LogP) is 10.2. The third-order valence-corrected chi connectivity index (χ3v) is 17.9. The van der Waals surface area contributed by atoms with Gasteiger partial charge in [0.1, 0.15) is 6.61 Å². The van der Waals surface area contributed by atoms with E-state index in [1.54, 1.807) is 0 Å². The van der Waals surface area contributed by atoms with Crippen LogP contribution < -0.4 is 0 Å². The normalized spacial score (nSPS) is 29.6. The number of aliphatic hydroxyl groups is 2. The molecule has 0 radical (unpaired) electrons. The molecule has 0 saturated heterocycles. The van der Waals surface area contributed by atoms with E-state index in [1.807, 2.05) is 91.0 Å². The summed E-state index contributed by atoms with van der Waals surface area (Å²) >= 11 is 0. The summed E-state index contributed by atoms with van der Waals surface area (Å²) in [6.07, 6.45) is 7.60. The van der Waals surface area contributed by atoms with Crippen molar-refractivity contribution in [1.82, 2.24) is 0 Å². The number of esters is 3. The molecule has 64 heavy (non-hydrogen) atoms. The van der Waals surface area contributed by atoms with Crippen LogP contribution in [-0.4, -0.2) is 53.3 Å². The standard InChI is InChI=1S/C52H69O11P/c1-36(44-23-24-45-43-22-21-41-29-42(53)27-28-51(41,2)46(43)30-47(54)52(44,45)3)19-25-48(55)60-35-61-49(56)26-20-40(50(57)59-31-37-13-7-4-8-14-37)34-64(58,62-32-38-15-9-5-10-16-38)63-33-39-17-11-6-12-18-39/h4-18,36,40-47,53-54H,19-35H2,1-3H3/t36-,40-,41-,42-,43?,44?,45?,46?,47+,51+,52-/m1/s1. The molecule has 0 aromatic heterocycles. The van der Waals surface area contributed by atoms with E-state index in [-0.39, 0.29) is 74.0 Å². The number of benzene rings is 3. The monoisotopic (exact) mass is 900 g/mol. The van der Waals surface area contributed by atoms with Gasteiger partial charge in [0.25, 0.3) is 0 Å². The first-order chi connectivity index (χ1) is 30.8. The molecule has 2 N–H and O–H groups in total. The lowest BCUT2D eigenvalue weighted by Crippen LogP contribution is -2.58. The molecule has 0 heterocycles. The fourth-order valence-corrected chi connectivity index (χ4v) is 14.2. The van der Waals surface area contributed by atoms with Gasteiger partial charge in [0.05, 0.1) is 37.5 Å². The lowest BCUT2D eigenvalue weighted by atomic mass is 9.43. The van der Waals surface area contributed by atoms with Gasteiger partial charge in [-0.15, -0.1) is 0 Å². The molecule has 0 amide bonds. The number of hydrogen-bond acceptors (Lipinski definition) is 11. The smallest absolute Gasteiger partial charge is 0.332 e. The Morgan fingerprint density at radius 2 is 1.25 bits per heavy atom. The maximum atomic E-state index is 14.4. The van der Waals surface area contributed by atoms with Crippen molar-refractivity contribution in [3.8, 4) is 0 Å². The Kier molecular flexibility index (Phi) is 16.2. The average Bonchev–Trinajstić information content (AvgIpc) is 3.67. The van der Waals surface area contributed by atoms with Crippen LogP contribution >= 0.6 is 7.60 Å². The Balaban J connectivity index is 0.903. The minimum absolute atomic E-state index is 0.0102. The van der Waals surface area contributed by atoms with Gasteiger partial charge < -0.3 is 33.5 Å². The van der Waals surface area contributed by atoms with Crippen LogP contribution in [0.1, 0.15) is 115 Å². The van der Waals surface area contributed by atoms with Gasteiger partial charge in [0.2, 0.25) is 6.79 Å². The Morgan fingerprint density at radius 3 is 1.84 bits per heavy atom. The second kappa shape index (κ2) is 21.6. The van der Waals surface area contributed by atoms with E-state index in [0.717, 1.165) is 61.6 Å². The van der Waals surface area contributed by atoms with Gasteiger partial charge >= 0.3 is 25.5 Å². The van der Waals surface area contributed by atoms with Crippen LogP contribution in [-0.2, 0) is 62.0 Å². The van der Waals surface area contributed by atoms with Crippen LogP contribution in [0.2, 0.25) is 0 Å². The molecule has 0 aliphatic heterocycles. The molecule has 0 spiro atoms. The number of carbonyl (C=O) groups is 3. The first-order valence-corrected chi connectivity index (χ1v) is 25.3. The predicted molar refractivity (Wildman–Crippen MR) is 242 cm³/mol. The Bertz CT molecular complexity index is 1980. The molecule has 7 rings (SSSR count). The zero-order chi connectivity index (χ0) is 45.3. The van der Waals surface area contributed by atoms with Crippen molar-refractivity contribution in [3.05, 3.63) is 108 Å². The number of fused-ring (bicyclic) bond motifs is 5. The van der Waals surface area contributed by atoms with E-state index in [4.69, 9.17) is 23.3 Å². The Morgan fingerprint density at radius 1 is 0.688 bits per heavy atom. The van der Waals surface area contributed by atoms with Gasteiger partial charge in [0.15, 0.2) is 0 Å². The number of rotatable bonds is 20. The molecule has 4 unspecified atom stereocenters. The maximum Gasteiger partial charge on any atom is 0.332 e. The van der Waals surface area contributed by atoms with E-state index < -0.39 is 44.3 Å². The van der Waals surface area contributed by atoms with Gasteiger partial charge in [-0.3, -0.25) is 18.9 Å². The number of hydrogen-bond donors (Lipinski definition) is 2. The fraction of sp³-hybridized carbons (Fsp3) is 0.596. The Labute approximate surface area is 379 Å². The van der Waals surface area contributed by atoms with Crippen molar-refractivity contribution in [2.75, 3.05) is 13.0 Å². The lowest BCUT2D eigenvalue weighted by molar-refractivity contribution is -0.175. The molecule has 3 aromatic rings. The van der Waals surface area contributed by atoms with Gasteiger partial charge in [-0.1, -0.05) is 112 Å². The lowest BCUT2D eigenvalue weighted by Gasteiger charge is -2.62.